The predicted molar refractivity (Wildman–Crippen MR) is 47.3 cm³/mol. The largest absolute Gasteiger partial charge is 0.469 e. The minimum Gasteiger partial charge on any atom is -0.469 e. The Morgan fingerprint density at radius 2 is 2.38 bits per heavy atom. The van der Waals surface area contributed by atoms with Crippen LogP contribution in [0.5, 0.6) is 0 Å². The van der Waals surface area contributed by atoms with Gasteiger partial charge >= 0.3 is 6.09 Å². The van der Waals surface area contributed by atoms with Crippen LogP contribution >= 0.6 is 0 Å². The quantitative estimate of drug-likeness (QED) is 0.702. The highest BCUT2D eigenvalue weighted by atomic mass is 16.5. The van der Waals surface area contributed by atoms with Crippen molar-refractivity contribution in [1.82, 2.24) is 4.90 Å². The fourth-order valence-corrected chi connectivity index (χ4v) is 1.05. The average molecular weight is 183 g/mol. The van der Waals surface area contributed by atoms with E-state index in [1.165, 1.54) is 12.0 Å². The Morgan fingerprint density at radius 1 is 1.69 bits per heavy atom. The Bertz CT molecular complexity index is 293. The second-order valence-corrected chi connectivity index (χ2v) is 2.83. The van der Waals surface area contributed by atoms with Crippen molar-refractivity contribution in [2.45, 2.75) is 13.5 Å². The van der Waals surface area contributed by atoms with Crippen molar-refractivity contribution in [3.63, 3.8) is 0 Å². The number of furan rings is 1. The molecule has 1 heterocycles. The average Bonchev–Trinajstić information content (AvgIpc) is 2.50. The molecule has 0 aliphatic heterocycles. The van der Waals surface area contributed by atoms with E-state index < -0.39 is 0 Å². The number of carbonyl (C=O) groups excluding carboxylic acids is 1. The molecule has 1 rings (SSSR count). The summed E-state index contributed by atoms with van der Waals surface area (Å²) in [5, 5.41) is 0. The van der Waals surface area contributed by atoms with Gasteiger partial charge in [0, 0.05) is 12.6 Å². The zero-order valence-electron chi connectivity index (χ0n) is 8.03. The molecule has 72 valence electrons. The molecular formula is C9H13NO3. The summed E-state index contributed by atoms with van der Waals surface area (Å²) in [6.07, 6.45) is 1.26. The second-order valence-electron chi connectivity index (χ2n) is 2.83. The van der Waals surface area contributed by atoms with Crippen LogP contribution in [0.2, 0.25) is 0 Å². The first-order chi connectivity index (χ1) is 6.15. The monoisotopic (exact) mass is 183 g/mol. The molecule has 0 bridgehead atoms. The van der Waals surface area contributed by atoms with Gasteiger partial charge in [-0.05, 0) is 13.0 Å². The van der Waals surface area contributed by atoms with Gasteiger partial charge in [-0.25, -0.2) is 4.79 Å². The van der Waals surface area contributed by atoms with Crippen LogP contribution in [0.4, 0.5) is 4.79 Å². The fraction of sp³-hybridized carbons (Fsp3) is 0.444. The van der Waals surface area contributed by atoms with E-state index in [9.17, 15) is 4.79 Å². The second kappa shape index (κ2) is 3.98. The molecule has 4 nitrogen and oxygen atoms in total. The van der Waals surface area contributed by atoms with Gasteiger partial charge < -0.3 is 14.1 Å². The van der Waals surface area contributed by atoms with Crippen molar-refractivity contribution < 1.29 is 13.9 Å². The number of nitrogens with zero attached hydrogens (tertiary/aromatic N) is 1. The molecule has 0 aromatic carbocycles. The van der Waals surface area contributed by atoms with E-state index >= 15 is 0 Å². The van der Waals surface area contributed by atoms with Gasteiger partial charge in [-0.2, -0.15) is 0 Å². The minimum atomic E-state index is -0.347. The van der Waals surface area contributed by atoms with Gasteiger partial charge in [0.1, 0.15) is 5.76 Å². The molecule has 1 aromatic heterocycles. The van der Waals surface area contributed by atoms with Crippen molar-refractivity contribution in [2.75, 3.05) is 14.2 Å². The lowest BCUT2D eigenvalue weighted by molar-refractivity contribution is 0.131. The third-order valence-electron chi connectivity index (χ3n) is 1.86. The molecule has 0 radical (unpaired) electrons. The van der Waals surface area contributed by atoms with E-state index in [2.05, 4.69) is 4.74 Å². The van der Waals surface area contributed by atoms with E-state index in [1.54, 1.807) is 13.3 Å². The first-order valence-electron chi connectivity index (χ1n) is 3.97. The number of amides is 1. The van der Waals surface area contributed by atoms with E-state index in [-0.39, 0.29) is 6.09 Å². The Morgan fingerprint density at radius 3 is 2.85 bits per heavy atom. The van der Waals surface area contributed by atoms with Gasteiger partial charge in [-0.1, -0.05) is 0 Å². The zero-order chi connectivity index (χ0) is 9.84. The predicted octanol–water partition coefficient (Wildman–Crippen LogP) is 1.79. The van der Waals surface area contributed by atoms with Crippen LogP contribution in [0.25, 0.3) is 0 Å². The minimum absolute atomic E-state index is 0.347. The molecule has 0 aliphatic carbocycles. The van der Waals surface area contributed by atoms with E-state index in [1.807, 2.05) is 13.0 Å². The van der Waals surface area contributed by atoms with Gasteiger partial charge in [0.2, 0.25) is 0 Å². The molecule has 0 fully saturated rings. The van der Waals surface area contributed by atoms with Crippen molar-refractivity contribution in [3.8, 4) is 0 Å². The highest BCUT2D eigenvalue weighted by molar-refractivity contribution is 5.67. The summed E-state index contributed by atoms with van der Waals surface area (Å²) in [5.74, 6) is 0.829. The topological polar surface area (TPSA) is 42.7 Å². The maximum absolute atomic E-state index is 11.0. The Labute approximate surface area is 77.1 Å². The molecule has 1 aromatic rings. The zero-order valence-corrected chi connectivity index (χ0v) is 8.03. The van der Waals surface area contributed by atoms with Crippen molar-refractivity contribution in [3.05, 3.63) is 23.7 Å². The van der Waals surface area contributed by atoms with Gasteiger partial charge in [0.15, 0.2) is 0 Å². The number of ether oxygens (including phenoxy) is 1. The van der Waals surface area contributed by atoms with Crippen molar-refractivity contribution >= 4 is 6.09 Å². The van der Waals surface area contributed by atoms with E-state index in [0.717, 1.165) is 11.3 Å². The lowest BCUT2D eigenvalue weighted by Gasteiger charge is -2.14. The number of hydrogen-bond acceptors (Lipinski definition) is 3. The molecule has 13 heavy (non-hydrogen) atoms. The number of rotatable bonds is 2. The van der Waals surface area contributed by atoms with Crippen LogP contribution in [0.15, 0.2) is 16.7 Å². The molecule has 0 N–H and O–H groups in total. The molecular weight excluding hydrogens is 170 g/mol. The molecule has 0 saturated heterocycles. The summed E-state index contributed by atoms with van der Waals surface area (Å²) in [6.45, 7) is 2.37. The molecule has 1 amide bonds. The third kappa shape index (κ3) is 2.24. The number of methoxy groups -OCH3 is 1. The maximum Gasteiger partial charge on any atom is 0.409 e. The van der Waals surface area contributed by atoms with Crippen molar-refractivity contribution in [1.29, 1.82) is 0 Å². The molecule has 0 spiro atoms. The fourth-order valence-electron chi connectivity index (χ4n) is 1.05. The summed E-state index contributed by atoms with van der Waals surface area (Å²) < 4.78 is 9.66. The molecule has 0 aliphatic rings. The van der Waals surface area contributed by atoms with E-state index in [4.69, 9.17) is 4.42 Å². The number of carbonyl (C=O) groups is 1. The van der Waals surface area contributed by atoms with Crippen LogP contribution in [-0.4, -0.2) is 25.2 Å². The van der Waals surface area contributed by atoms with Crippen LogP contribution in [0.1, 0.15) is 11.3 Å². The lowest BCUT2D eigenvalue weighted by Crippen LogP contribution is -2.25. The standard InChI is InChI=1S/C9H13NO3/c1-7-8(4-5-13-7)6-10(2)9(11)12-3/h4-5H,6H2,1-3H3. The van der Waals surface area contributed by atoms with Crippen molar-refractivity contribution in [2.24, 2.45) is 0 Å². The normalized spacial score (nSPS) is 9.77. The summed E-state index contributed by atoms with van der Waals surface area (Å²) in [7, 11) is 3.04. The maximum atomic E-state index is 11.0. The molecule has 4 heteroatoms. The van der Waals surface area contributed by atoms with Crippen LogP contribution in [0.3, 0.4) is 0 Å². The SMILES string of the molecule is COC(=O)N(C)Cc1ccoc1C. The van der Waals surface area contributed by atoms with Gasteiger partial charge in [-0.3, -0.25) is 0 Å². The highest BCUT2D eigenvalue weighted by Gasteiger charge is 2.10. The number of hydrogen-bond donors (Lipinski definition) is 0. The molecule has 0 atom stereocenters. The Balaban J connectivity index is 2.59. The smallest absolute Gasteiger partial charge is 0.409 e. The summed E-state index contributed by atoms with van der Waals surface area (Å²) in [4.78, 5) is 12.5. The molecule has 0 unspecified atom stereocenters. The number of aryl methyl sites for hydroxylation is 1. The van der Waals surface area contributed by atoms with Crippen LogP contribution < -0.4 is 0 Å². The van der Waals surface area contributed by atoms with Crippen LogP contribution in [0, 0.1) is 6.92 Å². The van der Waals surface area contributed by atoms with E-state index in [0.29, 0.717) is 6.54 Å². The summed E-state index contributed by atoms with van der Waals surface area (Å²) in [5.41, 5.74) is 0.993. The third-order valence-corrected chi connectivity index (χ3v) is 1.86. The Kier molecular flexibility index (Phi) is 2.95. The highest BCUT2D eigenvalue weighted by Crippen LogP contribution is 2.11. The summed E-state index contributed by atoms with van der Waals surface area (Å²) in [6, 6.07) is 1.84. The van der Waals surface area contributed by atoms with Crippen LogP contribution in [-0.2, 0) is 11.3 Å². The lowest BCUT2D eigenvalue weighted by atomic mass is 10.2. The van der Waals surface area contributed by atoms with Gasteiger partial charge in [-0.15, -0.1) is 0 Å². The van der Waals surface area contributed by atoms with Gasteiger partial charge in [0.25, 0.3) is 0 Å². The molecule has 0 saturated carbocycles. The first kappa shape index (κ1) is 9.64. The van der Waals surface area contributed by atoms with Gasteiger partial charge in [0.05, 0.1) is 19.9 Å². The summed E-state index contributed by atoms with van der Waals surface area (Å²) >= 11 is 0. The first-order valence-corrected chi connectivity index (χ1v) is 3.97. The Hall–Kier alpha value is -1.45.